The lowest BCUT2D eigenvalue weighted by atomic mass is 10.0. The standard InChI is InChI=1S/C19H38O3/c1-5-7-8-9-10-11-12-13-14-15-16-18(20)21-22-19(3,4)17-6-2/h5-17H2,1-4H3. The molecule has 0 amide bonds. The van der Waals surface area contributed by atoms with E-state index in [2.05, 4.69) is 13.8 Å². The molecular formula is C19H38O3. The molecule has 0 aromatic heterocycles. The zero-order chi connectivity index (χ0) is 16.7. The Morgan fingerprint density at radius 1 is 0.773 bits per heavy atom. The van der Waals surface area contributed by atoms with Crippen molar-refractivity contribution in [2.75, 3.05) is 0 Å². The molecule has 0 saturated heterocycles. The van der Waals surface area contributed by atoms with Crippen molar-refractivity contribution in [3.8, 4) is 0 Å². The molecule has 0 bridgehead atoms. The quantitative estimate of drug-likeness (QED) is 0.201. The molecule has 0 aliphatic carbocycles. The van der Waals surface area contributed by atoms with Gasteiger partial charge >= 0.3 is 5.97 Å². The second-order valence-electron chi connectivity index (χ2n) is 6.98. The van der Waals surface area contributed by atoms with Crippen LogP contribution in [0, 0.1) is 0 Å². The van der Waals surface area contributed by atoms with Crippen molar-refractivity contribution in [1.29, 1.82) is 0 Å². The number of rotatable bonds is 15. The molecule has 0 atom stereocenters. The van der Waals surface area contributed by atoms with Gasteiger partial charge in [-0.25, -0.2) is 4.79 Å². The monoisotopic (exact) mass is 314 g/mol. The summed E-state index contributed by atoms with van der Waals surface area (Å²) >= 11 is 0. The molecule has 0 unspecified atom stereocenters. The van der Waals surface area contributed by atoms with E-state index in [-0.39, 0.29) is 11.6 Å². The summed E-state index contributed by atoms with van der Waals surface area (Å²) in [6.07, 6.45) is 15.1. The number of carbonyl (C=O) groups excluding carboxylic acids is 1. The SMILES string of the molecule is CCCCCCCCCCCCC(=O)OOC(C)(C)CCC. The molecule has 0 aromatic rings. The smallest absolute Gasteiger partial charge is 0.298 e. The lowest BCUT2D eigenvalue weighted by molar-refractivity contribution is -0.326. The molecule has 3 heteroatoms. The first-order valence-corrected chi connectivity index (χ1v) is 9.40. The fourth-order valence-electron chi connectivity index (χ4n) is 2.60. The predicted octanol–water partition coefficient (Wildman–Crippen LogP) is 6.35. The van der Waals surface area contributed by atoms with Gasteiger partial charge in [0.1, 0.15) is 5.60 Å². The Morgan fingerprint density at radius 3 is 1.77 bits per heavy atom. The van der Waals surface area contributed by atoms with Gasteiger partial charge in [0.2, 0.25) is 0 Å². The minimum absolute atomic E-state index is 0.233. The molecule has 0 radical (unpaired) electrons. The molecule has 0 spiro atoms. The van der Waals surface area contributed by atoms with Gasteiger partial charge < -0.3 is 0 Å². The van der Waals surface area contributed by atoms with Crippen LogP contribution in [0.4, 0.5) is 0 Å². The fraction of sp³-hybridized carbons (Fsp3) is 0.947. The maximum absolute atomic E-state index is 11.6. The van der Waals surface area contributed by atoms with Crippen LogP contribution in [0.3, 0.4) is 0 Å². The summed E-state index contributed by atoms with van der Waals surface area (Å²) in [5.41, 5.74) is -0.373. The maximum atomic E-state index is 11.6. The van der Waals surface area contributed by atoms with E-state index < -0.39 is 0 Å². The fourth-order valence-corrected chi connectivity index (χ4v) is 2.60. The van der Waals surface area contributed by atoms with E-state index in [9.17, 15) is 4.79 Å². The van der Waals surface area contributed by atoms with Crippen molar-refractivity contribution >= 4 is 5.97 Å². The highest BCUT2D eigenvalue weighted by molar-refractivity contribution is 5.68. The summed E-state index contributed by atoms with van der Waals surface area (Å²) in [4.78, 5) is 21.7. The summed E-state index contributed by atoms with van der Waals surface area (Å²) in [5.74, 6) is -0.233. The summed E-state index contributed by atoms with van der Waals surface area (Å²) in [7, 11) is 0. The van der Waals surface area contributed by atoms with Crippen molar-refractivity contribution in [1.82, 2.24) is 0 Å². The van der Waals surface area contributed by atoms with Crippen molar-refractivity contribution in [2.24, 2.45) is 0 Å². The minimum Gasteiger partial charge on any atom is -0.298 e. The Kier molecular flexibility index (Phi) is 13.7. The minimum atomic E-state index is -0.373. The van der Waals surface area contributed by atoms with E-state index >= 15 is 0 Å². The number of hydrogen-bond acceptors (Lipinski definition) is 3. The molecule has 0 aliphatic heterocycles. The second-order valence-corrected chi connectivity index (χ2v) is 6.98. The van der Waals surface area contributed by atoms with Gasteiger partial charge in [-0.3, -0.25) is 4.89 Å². The molecular weight excluding hydrogens is 276 g/mol. The third-order valence-corrected chi connectivity index (χ3v) is 3.95. The Hall–Kier alpha value is -0.570. The highest BCUT2D eigenvalue weighted by atomic mass is 17.2. The summed E-state index contributed by atoms with van der Waals surface area (Å²) < 4.78 is 0. The Labute approximate surface area is 138 Å². The first kappa shape index (κ1) is 21.4. The highest BCUT2D eigenvalue weighted by Crippen LogP contribution is 2.17. The van der Waals surface area contributed by atoms with Gasteiger partial charge in [-0.05, 0) is 26.7 Å². The lowest BCUT2D eigenvalue weighted by Gasteiger charge is -2.21. The Morgan fingerprint density at radius 2 is 1.27 bits per heavy atom. The van der Waals surface area contributed by atoms with Crippen LogP contribution in [0.2, 0.25) is 0 Å². The van der Waals surface area contributed by atoms with Crippen molar-refractivity contribution < 1.29 is 14.6 Å². The van der Waals surface area contributed by atoms with E-state index in [1.807, 2.05) is 13.8 Å². The summed E-state index contributed by atoms with van der Waals surface area (Å²) in [5, 5.41) is 0. The molecule has 0 N–H and O–H groups in total. The van der Waals surface area contributed by atoms with Crippen molar-refractivity contribution in [3.63, 3.8) is 0 Å². The molecule has 0 saturated carbocycles. The van der Waals surface area contributed by atoms with E-state index in [1.165, 1.54) is 51.4 Å². The van der Waals surface area contributed by atoms with E-state index in [1.54, 1.807) is 0 Å². The molecule has 22 heavy (non-hydrogen) atoms. The Balaban J connectivity index is 3.35. The first-order valence-electron chi connectivity index (χ1n) is 9.40. The zero-order valence-electron chi connectivity index (χ0n) is 15.4. The number of carbonyl (C=O) groups is 1. The second kappa shape index (κ2) is 14.0. The number of hydrogen-bond donors (Lipinski definition) is 0. The van der Waals surface area contributed by atoms with Gasteiger partial charge in [-0.2, -0.15) is 4.89 Å². The third kappa shape index (κ3) is 14.4. The predicted molar refractivity (Wildman–Crippen MR) is 92.6 cm³/mol. The molecule has 0 aliphatic rings. The first-order chi connectivity index (χ1) is 10.5. The normalized spacial score (nSPS) is 11.6. The average molecular weight is 315 g/mol. The van der Waals surface area contributed by atoms with Gasteiger partial charge in [0, 0.05) is 6.42 Å². The van der Waals surface area contributed by atoms with Crippen LogP contribution >= 0.6 is 0 Å². The van der Waals surface area contributed by atoms with Gasteiger partial charge in [0.05, 0.1) is 0 Å². The Bertz CT molecular complexity index is 261. The van der Waals surface area contributed by atoms with Crippen LogP contribution in [-0.2, 0) is 14.6 Å². The van der Waals surface area contributed by atoms with Crippen molar-refractivity contribution in [3.05, 3.63) is 0 Å². The van der Waals surface area contributed by atoms with E-state index in [0.29, 0.717) is 6.42 Å². The van der Waals surface area contributed by atoms with Crippen LogP contribution in [0.15, 0.2) is 0 Å². The van der Waals surface area contributed by atoms with E-state index in [4.69, 9.17) is 9.78 Å². The van der Waals surface area contributed by atoms with Crippen molar-refractivity contribution in [2.45, 2.75) is 117 Å². The van der Waals surface area contributed by atoms with Gasteiger partial charge in [-0.15, -0.1) is 0 Å². The van der Waals surface area contributed by atoms with Gasteiger partial charge in [-0.1, -0.05) is 78.1 Å². The van der Waals surface area contributed by atoms with Crippen LogP contribution in [-0.4, -0.2) is 11.6 Å². The molecule has 0 fully saturated rings. The molecule has 0 aromatic carbocycles. The number of unbranched alkanes of at least 4 members (excludes halogenated alkanes) is 9. The highest BCUT2D eigenvalue weighted by Gasteiger charge is 2.20. The third-order valence-electron chi connectivity index (χ3n) is 3.95. The molecule has 0 heterocycles. The van der Waals surface area contributed by atoms with Gasteiger partial charge in [0.25, 0.3) is 0 Å². The van der Waals surface area contributed by atoms with Crippen LogP contribution < -0.4 is 0 Å². The lowest BCUT2D eigenvalue weighted by Crippen LogP contribution is -2.25. The molecule has 0 rings (SSSR count). The molecule has 3 nitrogen and oxygen atoms in total. The van der Waals surface area contributed by atoms with Crippen LogP contribution in [0.5, 0.6) is 0 Å². The zero-order valence-corrected chi connectivity index (χ0v) is 15.4. The topological polar surface area (TPSA) is 35.5 Å². The van der Waals surface area contributed by atoms with E-state index in [0.717, 1.165) is 25.7 Å². The summed E-state index contributed by atoms with van der Waals surface area (Å²) in [6, 6.07) is 0. The van der Waals surface area contributed by atoms with Crippen LogP contribution in [0.1, 0.15) is 111 Å². The largest absolute Gasteiger partial charge is 0.342 e. The molecule has 132 valence electrons. The average Bonchev–Trinajstić information content (AvgIpc) is 2.47. The summed E-state index contributed by atoms with van der Waals surface area (Å²) in [6.45, 7) is 8.24. The van der Waals surface area contributed by atoms with Gasteiger partial charge in [0.15, 0.2) is 0 Å². The maximum Gasteiger partial charge on any atom is 0.342 e. The van der Waals surface area contributed by atoms with Crippen LogP contribution in [0.25, 0.3) is 0 Å².